The number of aromatic nitrogens is 2. The fourth-order valence-corrected chi connectivity index (χ4v) is 15.0. The van der Waals surface area contributed by atoms with Crippen LogP contribution in [0, 0.1) is 11.5 Å². The van der Waals surface area contributed by atoms with Crippen LogP contribution in [0.2, 0.25) is 0 Å². The summed E-state index contributed by atoms with van der Waals surface area (Å²) in [6.45, 7) is 25.3. The Labute approximate surface area is 861 Å². The number of anilines is 3. The van der Waals surface area contributed by atoms with Crippen molar-refractivity contribution in [1.82, 2.24) is 76.0 Å². The molecule has 784 valence electrons. The highest BCUT2D eigenvalue weighted by atomic mass is 16.7. The van der Waals surface area contributed by atoms with Crippen molar-refractivity contribution in [3.63, 3.8) is 0 Å². The van der Waals surface area contributed by atoms with Gasteiger partial charge in [0, 0.05) is 174 Å². The molecule has 5 saturated heterocycles. The summed E-state index contributed by atoms with van der Waals surface area (Å²) in [5, 5.41) is 35.7. The molecular formula is C107H124N20O22. The molecule has 8 heterocycles. The maximum absolute atomic E-state index is 12.8. The topological polar surface area (TPSA) is 525 Å². The molecule has 42 nitrogen and oxygen atoms in total. The van der Waals surface area contributed by atoms with Crippen LogP contribution in [0.1, 0.15) is 158 Å². The van der Waals surface area contributed by atoms with Crippen LogP contribution < -0.4 is 43.0 Å². The minimum Gasteiger partial charge on any atom is -0.431 e. The van der Waals surface area contributed by atoms with Gasteiger partial charge >= 0.3 is 24.2 Å². The van der Waals surface area contributed by atoms with E-state index >= 15 is 0 Å². The average molecular weight is 2040 g/mol. The average Bonchev–Trinajstić information content (AvgIpc) is 1.60. The second-order valence-corrected chi connectivity index (χ2v) is 33.9. The lowest BCUT2D eigenvalue weighted by atomic mass is 10.0. The van der Waals surface area contributed by atoms with Gasteiger partial charge in [0.05, 0.1) is 18.2 Å². The van der Waals surface area contributed by atoms with Gasteiger partial charge < -0.3 is 75.6 Å². The van der Waals surface area contributed by atoms with E-state index in [1.54, 1.807) is 116 Å². The molecule has 149 heavy (non-hydrogen) atoms. The number of nitrogens with zero attached hydrogens (tertiary/aromatic N) is 12. The Bertz CT molecular complexity index is 6540. The van der Waals surface area contributed by atoms with Crippen molar-refractivity contribution < 1.29 is 106 Å². The molecule has 0 bridgehead atoms. The highest BCUT2D eigenvalue weighted by molar-refractivity contribution is 6.11. The summed E-state index contributed by atoms with van der Waals surface area (Å²) < 4.78 is 3.85. The van der Waals surface area contributed by atoms with Gasteiger partial charge in [-0.2, -0.15) is 5.26 Å². The van der Waals surface area contributed by atoms with Crippen molar-refractivity contribution in [3.05, 3.63) is 247 Å². The number of likely N-dealkylation sites (tertiary alicyclic amines) is 1. The first-order chi connectivity index (χ1) is 71.7. The Morgan fingerprint density at radius 2 is 0.872 bits per heavy atom. The van der Waals surface area contributed by atoms with E-state index in [0.29, 0.717) is 85.6 Å². The number of fused-ring (bicyclic) bond motifs is 5. The molecule has 8 aromatic carbocycles. The Morgan fingerprint density at radius 3 is 1.41 bits per heavy atom. The fourth-order valence-electron chi connectivity index (χ4n) is 15.0. The standard InChI is InChI=1S/C22H24N4O5.C22H26N4O5.C21H25N5O5.C14H10N2O4.C11H16N2O.C11H9NO.C4H11N.C2H3NO/c27-19-7-8-20(28)26(19)31-22(30)24-18-6-5-15-13-17(4-3-16(15)14-18)21(29)23-9-12-25-10-1-2-11-25;1-3-25(4-2)12-11-23-21(29)18-14-16(13-15-7-5-6-8-17(15)18)24-22(30)31-26-19(27)9-10-20(26)28;1-3-25(4-2)10-9-22-20(29)17-12-15-11-16(6-5-14(15)13-23-17)24-21(30)31-26-18(27)7-8-19(26)28;17-12-5-6-13(18)16(12)20-14(19)10-3-4-11-9(8-10)2-1-7-15-11;1-11(14)12-7-10-13-8-5-3-2-4-6-9-13;12-11(13)10-7-3-5-8-4-1-2-6-9(8)10;1-4-5(2)3;1-4-2-3/h3-6,13-14H,1-2,7-12H2,(H,23,29)(H,24,30);5-8,13-14H,3-4,9-12H2,1-2H3,(H,23,29)(H,24,30);5-6,11-13H,3-4,7-10H2,1-2H3,(H,22,29)(H,24,30);1-4,7-8H,5-6H2;2-6,8H,7,9-10H2,1H3,(H,12,14);1-7H,(H2,12,13);4H2,1-3H3;1H3/b;;;;3-2-,6-4-,8-5-;;;. The quantitative estimate of drug-likeness (QED) is 0.0159. The third-order valence-electron chi connectivity index (χ3n) is 23.2. The number of nitrogens with two attached hydrogens (primary N) is 1. The van der Waals surface area contributed by atoms with Crippen molar-refractivity contribution in [2.75, 3.05) is 142 Å². The minimum atomic E-state index is -0.980. The van der Waals surface area contributed by atoms with Crippen molar-refractivity contribution in [3.8, 4) is 6.26 Å². The third-order valence-corrected chi connectivity index (χ3v) is 23.2. The van der Waals surface area contributed by atoms with Crippen LogP contribution in [0.4, 0.5) is 31.4 Å². The van der Waals surface area contributed by atoms with E-state index < -0.39 is 71.5 Å². The van der Waals surface area contributed by atoms with E-state index in [4.69, 9.17) is 30.3 Å². The van der Waals surface area contributed by atoms with Crippen LogP contribution in [0.5, 0.6) is 0 Å². The Balaban J connectivity index is 0.000000200. The monoisotopic (exact) mass is 2040 g/mol. The van der Waals surface area contributed by atoms with Gasteiger partial charge in [-0.15, -0.1) is 20.3 Å². The molecular weight excluding hydrogens is 1920 g/mol. The molecule has 0 radical (unpaired) electrons. The first kappa shape index (κ1) is 115. The van der Waals surface area contributed by atoms with E-state index in [1.807, 2.05) is 97.2 Å². The van der Waals surface area contributed by atoms with Gasteiger partial charge in [0.15, 0.2) is 0 Å². The van der Waals surface area contributed by atoms with Gasteiger partial charge in [-0.3, -0.25) is 88.2 Å². The molecule has 42 heteroatoms. The molecule has 5 fully saturated rings. The molecule has 16 amide bonds. The van der Waals surface area contributed by atoms with Gasteiger partial charge in [-0.1, -0.05) is 144 Å². The summed E-state index contributed by atoms with van der Waals surface area (Å²) in [6, 6.07) is 49.3. The molecule has 10 aromatic rings. The summed E-state index contributed by atoms with van der Waals surface area (Å²) in [5.41, 5.74) is 9.21. The molecule has 0 saturated carbocycles. The molecule has 0 atom stereocenters. The SMILES string of the molecule is CC(=O)NCCN1\C=C/C=C\C=C/C1.CCN(C)C.CCN(CC)CCNC(=O)c1cc(NC(=O)ON2C(=O)CCC2=O)cc2ccccc12.CCN(CC)CCNC(=O)c1cc2cc(NC(=O)ON3C(=O)CCC3=O)ccc2cn1.COC#N.NC(=O)c1cccc2ccccc12.O=C(Nc1ccc2cc(C(=O)NCCN3CCCC3)ccc2c1)ON1C(=O)CCC1=O.O=C(ON1C(=O)CCC1=O)c1ccc2ncccc2c1. The normalized spacial score (nSPS) is 14.6. The van der Waals surface area contributed by atoms with Gasteiger partial charge in [0.25, 0.3) is 71.2 Å². The fraction of sp³-hybridized carbons (Fsp3) is 0.327. The third kappa shape index (κ3) is 36.8. The molecule has 0 unspecified atom stereocenters. The molecule has 6 aliphatic heterocycles. The van der Waals surface area contributed by atoms with Gasteiger partial charge in [0.2, 0.25) is 11.8 Å². The maximum Gasteiger partial charge on any atom is 0.436 e. The molecule has 0 aliphatic carbocycles. The Morgan fingerprint density at radius 1 is 0.423 bits per heavy atom. The van der Waals surface area contributed by atoms with E-state index in [2.05, 4.69) is 131 Å². The number of likely N-dealkylation sites (N-methyl/N-ethyl adjacent to an activating group) is 2. The number of pyridine rings is 2. The largest absolute Gasteiger partial charge is 0.436 e. The zero-order chi connectivity index (χ0) is 108. The zero-order valence-corrected chi connectivity index (χ0v) is 84.6. The van der Waals surface area contributed by atoms with Crippen LogP contribution >= 0.6 is 0 Å². The maximum atomic E-state index is 12.8. The van der Waals surface area contributed by atoms with Crippen LogP contribution in [-0.2, 0) is 67.2 Å². The molecule has 0 spiro atoms. The Kier molecular flexibility index (Phi) is 46.3. The number of methoxy groups -OCH3 is 1. The number of hydroxylamine groups is 8. The van der Waals surface area contributed by atoms with E-state index in [9.17, 15) is 81.5 Å². The van der Waals surface area contributed by atoms with Crippen molar-refractivity contribution in [1.29, 1.82) is 5.26 Å². The highest BCUT2D eigenvalue weighted by Crippen LogP contribution is 2.29. The van der Waals surface area contributed by atoms with Gasteiger partial charge in [-0.25, -0.2) is 19.2 Å². The smallest absolute Gasteiger partial charge is 0.431 e. The molecule has 16 rings (SSSR count). The number of benzene rings is 8. The molecule has 2 aromatic heterocycles. The molecule has 6 aliphatic rings. The van der Waals surface area contributed by atoms with Gasteiger partial charge in [-0.05, 0) is 208 Å². The Hall–Kier alpha value is -17.3. The van der Waals surface area contributed by atoms with Gasteiger partial charge in [0.1, 0.15) is 5.69 Å². The number of ether oxygens (including phenoxy) is 1. The molecule has 9 N–H and O–H groups in total. The number of carbonyl (C=O) groups is 17. The lowest BCUT2D eigenvalue weighted by molar-refractivity contribution is -0.173. The predicted octanol–water partition coefficient (Wildman–Crippen LogP) is 11.9. The number of allylic oxidation sites excluding steroid dienone is 4. The van der Waals surface area contributed by atoms with Crippen molar-refractivity contribution >= 4 is 172 Å². The van der Waals surface area contributed by atoms with Crippen LogP contribution in [-0.4, -0.2) is 282 Å². The number of nitrogens with one attached hydrogen (secondary N) is 7. The highest BCUT2D eigenvalue weighted by Gasteiger charge is 2.37. The summed E-state index contributed by atoms with van der Waals surface area (Å²) >= 11 is 0. The zero-order valence-electron chi connectivity index (χ0n) is 84.6. The van der Waals surface area contributed by atoms with E-state index in [0.717, 1.165) is 127 Å². The lowest BCUT2D eigenvalue weighted by Crippen LogP contribution is -2.35. The number of primary amides is 1. The second kappa shape index (κ2) is 59.8. The number of imide groups is 4. The van der Waals surface area contributed by atoms with Crippen molar-refractivity contribution in [2.24, 2.45) is 5.73 Å². The van der Waals surface area contributed by atoms with Crippen LogP contribution in [0.3, 0.4) is 0 Å². The first-order valence-corrected chi connectivity index (χ1v) is 48.5. The number of amides is 16. The van der Waals surface area contributed by atoms with Crippen molar-refractivity contribution in [2.45, 2.75) is 106 Å². The minimum absolute atomic E-state index is 0.0138. The number of carbonyl (C=O) groups excluding carboxylic acids is 17. The van der Waals surface area contributed by atoms with Crippen LogP contribution in [0.15, 0.2) is 219 Å². The summed E-state index contributed by atoms with van der Waals surface area (Å²) in [5.74, 6) is -6.05. The number of hydrogen-bond donors (Lipinski definition) is 8. The summed E-state index contributed by atoms with van der Waals surface area (Å²) in [6.07, 6.45) is 16.7. The summed E-state index contributed by atoms with van der Waals surface area (Å²) in [4.78, 5) is 238. The second-order valence-electron chi connectivity index (χ2n) is 33.9. The summed E-state index contributed by atoms with van der Waals surface area (Å²) in [7, 11) is 5.43. The van der Waals surface area contributed by atoms with E-state index in [-0.39, 0.29) is 92.2 Å². The number of hydrogen-bond acceptors (Lipinski definition) is 30. The first-order valence-electron chi connectivity index (χ1n) is 48.5. The van der Waals surface area contributed by atoms with Crippen LogP contribution in [0.25, 0.3) is 54.0 Å². The number of nitriles is 1. The lowest BCUT2D eigenvalue weighted by Gasteiger charge is -2.18. The van der Waals surface area contributed by atoms with E-state index in [1.165, 1.54) is 33.1 Å². The number of rotatable bonds is 29. The predicted molar refractivity (Wildman–Crippen MR) is 557 cm³/mol.